The molecule has 0 N–H and O–H groups in total. The van der Waals surface area contributed by atoms with Gasteiger partial charge in [0.1, 0.15) is 0 Å². The summed E-state index contributed by atoms with van der Waals surface area (Å²) in [5.41, 5.74) is 5.26. The molecule has 0 bridgehead atoms. The van der Waals surface area contributed by atoms with Gasteiger partial charge in [0.25, 0.3) is 0 Å². The monoisotopic (exact) mass is 305 g/mol. The molecule has 0 heterocycles. The van der Waals surface area contributed by atoms with E-state index in [0.717, 1.165) is 18.6 Å². The molecule has 0 atom stereocenters. The van der Waals surface area contributed by atoms with Crippen LogP contribution in [-0.4, -0.2) is 0 Å². The zero-order valence-electron chi connectivity index (χ0n) is 10.4. The molecule has 0 unspecified atom stereocenters. The number of allylic oxidation sites excluding steroid dienone is 8. The second-order valence-electron chi connectivity index (χ2n) is 4.43. The Hall–Kier alpha value is -1.02. The van der Waals surface area contributed by atoms with Crippen LogP contribution in [0.25, 0.3) is 11.1 Å². The van der Waals surface area contributed by atoms with Gasteiger partial charge in [-0.1, -0.05) is 0 Å². The van der Waals surface area contributed by atoms with Crippen LogP contribution in [0.4, 0.5) is 0 Å². The summed E-state index contributed by atoms with van der Waals surface area (Å²) in [5.74, 6) is 0.968. The van der Waals surface area contributed by atoms with E-state index in [0.29, 0.717) is 0 Å². The summed E-state index contributed by atoms with van der Waals surface area (Å²) in [6.07, 6.45) is 15.0. The molecule has 1 aromatic rings. The molecule has 0 saturated heterocycles. The molecule has 3 rings (SSSR count). The van der Waals surface area contributed by atoms with Crippen molar-refractivity contribution in [3.8, 4) is 5.75 Å². The minimum atomic E-state index is 0. The van der Waals surface area contributed by atoms with E-state index in [4.69, 9.17) is 3.32 Å². The molecule has 0 fully saturated rings. The normalized spacial score (nSPS) is 15.9. The van der Waals surface area contributed by atoms with Crippen molar-refractivity contribution in [1.29, 1.82) is 0 Å². The van der Waals surface area contributed by atoms with Gasteiger partial charge in [0, 0.05) is 0 Å². The van der Waals surface area contributed by atoms with Crippen molar-refractivity contribution in [3.05, 3.63) is 65.8 Å². The Balaban J connectivity index is 0.00000133. The van der Waals surface area contributed by atoms with Crippen molar-refractivity contribution >= 4 is 23.6 Å². The molecule has 0 saturated carbocycles. The predicted octanol–water partition coefficient (Wildman–Crippen LogP) is 4.64. The van der Waals surface area contributed by atoms with Gasteiger partial charge in [0.2, 0.25) is 0 Å². The average molecular weight is 306 g/mol. The van der Waals surface area contributed by atoms with E-state index in [1.807, 2.05) is 6.07 Å². The van der Waals surface area contributed by atoms with Crippen LogP contribution in [0, 0.1) is 0 Å². The van der Waals surface area contributed by atoms with Crippen LogP contribution in [0.3, 0.4) is 0 Å². The van der Waals surface area contributed by atoms with Gasteiger partial charge in [0.15, 0.2) is 0 Å². The average Bonchev–Trinajstić information content (AvgIpc) is 3.10. The van der Waals surface area contributed by atoms with Crippen LogP contribution in [0.2, 0.25) is 0 Å². The summed E-state index contributed by atoms with van der Waals surface area (Å²) in [7, 11) is 0. The van der Waals surface area contributed by atoms with Crippen LogP contribution in [0.5, 0.6) is 5.75 Å². The fourth-order valence-electron chi connectivity index (χ4n) is 2.49. The van der Waals surface area contributed by atoms with Crippen molar-refractivity contribution in [2.24, 2.45) is 0 Å². The number of rotatable bonds is 3. The van der Waals surface area contributed by atoms with Crippen molar-refractivity contribution in [2.45, 2.75) is 12.8 Å². The van der Waals surface area contributed by atoms with E-state index in [-0.39, 0.29) is 12.4 Å². The third-order valence-electron chi connectivity index (χ3n) is 3.35. The molecule has 19 heavy (non-hydrogen) atoms. The van der Waals surface area contributed by atoms with Gasteiger partial charge < -0.3 is 0 Å². The SMILES string of the molecule is Cl.[Ti][O]c1cccc(C2=CC=CC2)c1C1=CC=CC1. The van der Waals surface area contributed by atoms with Gasteiger partial charge in [-0.2, -0.15) is 0 Å². The zero-order chi connectivity index (χ0) is 12.4. The Kier molecular flexibility index (Phi) is 4.87. The Bertz CT molecular complexity index is 597. The molecule has 95 valence electrons. The number of halogens is 1. The third kappa shape index (κ3) is 2.79. The van der Waals surface area contributed by atoms with E-state index in [1.54, 1.807) is 20.8 Å². The van der Waals surface area contributed by atoms with Crippen molar-refractivity contribution < 1.29 is 24.1 Å². The Morgan fingerprint density at radius 1 is 0.947 bits per heavy atom. The van der Waals surface area contributed by atoms with E-state index in [1.165, 1.54) is 22.3 Å². The topological polar surface area (TPSA) is 9.23 Å². The fourth-order valence-corrected chi connectivity index (χ4v) is 2.76. The van der Waals surface area contributed by atoms with E-state index in [2.05, 4.69) is 48.6 Å². The summed E-state index contributed by atoms with van der Waals surface area (Å²) in [4.78, 5) is 0. The van der Waals surface area contributed by atoms with Crippen LogP contribution in [-0.2, 0) is 20.8 Å². The standard InChI is InChI=1S/C16H14O.ClH.Ti/c17-15-11-5-10-14(12-6-1-2-7-12)16(15)13-8-3-4-9-13;;/h1-6,8,10-11,17H,7,9H2;1H;/q;;+1/p-1. The summed E-state index contributed by atoms with van der Waals surface area (Å²) in [6, 6.07) is 6.30. The van der Waals surface area contributed by atoms with Crippen molar-refractivity contribution in [1.82, 2.24) is 0 Å². The number of hydrogen-bond acceptors (Lipinski definition) is 1. The first-order chi connectivity index (χ1) is 8.90. The van der Waals surface area contributed by atoms with Gasteiger partial charge in [-0.15, -0.1) is 12.4 Å². The number of benzene rings is 1. The van der Waals surface area contributed by atoms with Gasteiger partial charge in [-0.25, -0.2) is 0 Å². The molecule has 2 aliphatic carbocycles. The second kappa shape index (κ2) is 6.43. The van der Waals surface area contributed by atoms with Crippen LogP contribution in [0.1, 0.15) is 24.0 Å². The van der Waals surface area contributed by atoms with Crippen LogP contribution >= 0.6 is 12.4 Å². The molecule has 0 aromatic heterocycles. The first-order valence-electron chi connectivity index (χ1n) is 6.09. The van der Waals surface area contributed by atoms with Gasteiger partial charge in [-0.05, 0) is 0 Å². The van der Waals surface area contributed by atoms with Gasteiger partial charge in [-0.3, -0.25) is 0 Å². The molecule has 1 nitrogen and oxygen atoms in total. The minimum absolute atomic E-state index is 0. The first-order valence-corrected chi connectivity index (χ1v) is 6.72. The molecule has 2 aliphatic rings. The summed E-state index contributed by atoms with van der Waals surface area (Å²) < 4.78 is 5.54. The predicted molar refractivity (Wildman–Crippen MR) is 77.8 cm³/mol. The Morgan fingerprint density at radius 3 is 2.21 bits per heavy atom. The van der Waals surface area contributed by atoms with Crippen LogP contribution < -0.4 is 3.32 Å². The quantitative estimate of drug-likeness (QED) is 0.740. The third-order valence-corrected chi connectivity index (χ3v) is 3.69. The fraction of sp³-hybridized carbons (Fsp3) is 0.125. The molecule has 1 aromatic carbocycles. The molecule has 3 heteroatoms. The van der Waals surface area contributed by atoms with Gasteiger partial charge >= 0.3 is 120 Å². The molecule has 0 aliphatic heterocycles. The maximum absolute atomic E-state index is 5.54. The van der Waals surface area contributed by atoms with Crippen molar-refractivity contribution in [2.75, 3.05) is 0 Å². The Morgan fingerprint density at radius 2 is 1.63 bits per heavy atom. The summed E-state index contributed by atoms with van der Waals surface area (Å²) in [5, 5.41) is 0. The van der Waals surface area contributed by atoms with E-state index in [9.17, 15) is 0 Å². The van der Waals surface area contributed by atoms with Crippen molar-refractivity contribution in [3.63, 3.8) is 0 Å². The molecular weight excluding hydrogens is 291 g/mol. The molecule has 0 spiro atoms. The molecule has 0 radical (unpaired) electrons. The molecule has 0 amide bonds. The van der Waals surface area contributed by atoms with Crippen LogP contribution in [0.15, 0.2) is 54.7 Å². The Labute approximate surface area is 132 Å². The second-order valence-corrected chi connectivity index (χ2v) is 4.75. The first kappa shape index (κ1) is 14.4. The van der Waals surface area contributed by atoms with E-state index < -0.39 is 0 Å². The maximum atomic E-state index is 5.54. The number of hydrogen-bond donors (Lipinski definition) is 0. The molecular formula is C16H14ClOTi. The zero-order valence-corrected chi connectivity index (χ0v) is 12.8. The summed E-state index contributed by atoms with van der Waals surface area (Å²) in [6.45, 7) is 0. The van der Waals surface area contributed by atoms with E-state index >= 15 is 0 Å². The summed E-state index contributed by atoms with van der Waals surface area (Å²) >= 11 is 1.74. The van der Waals surface area contributed by atoms with Gasteiger partial charge in [0.05, 0.1) is 0 Å².